The lowest BCUT2D eigenvalue weighted by atomic mass is 9.86. The van der Waals surface area contributed by atoms with Crippen LogP contribution in [0.3, 0.4) is 0 Å². The standard InChI is InChI=1S/C44H25B2N3S/c45-42-37-7-3-4-8-38(37)43(46)48-44(42)49(33-16-18-36-39-22-29-19-20-47-25-31(29)23-40(39)50-41(36)24-33)32-14-11-26(12-15-32)28-13-17-35-30(21-28)10-9-27-5-1-2-6-34(27)35/h1-25H. The summed E-state index contributed by atoms with van der Waals surface area (Å²) in [4.78, 5) is 11.4. The van der Waals surface area contributed by atoms with Gasteiger partial charge in [0.05, 0.1) is 0 Å². The first kappa shape index (κ1) is 29.0. The van der Waals surface area contributed by atoms with Crippen LogP contribution in [0, 0.1) is 0 Å². The van der Waals surface area contributed by atoms with Crippen LogP contribution in [0.5, 0.6) is 0 Å². The molecule has 0 amide bonds. The van der Waals surface area contributed by atoms with Gasteiger partial charge in [0.15, 0.2) is 0 Å². The van der Waals surface area contributed by atoms with E-state index in [-0.39, 0.29) is 0 Å². The second-order valence-corrected chi connectivity index (χ2v) is 13.8. The zero-order chi connectivity index (χ0) is 33.3. The molecule has 50 heavy (non-hydrogen) atoms. The summed E-state index contributed by atoms with van der Waals surface area (Å²) >= 11 is 1.78. The van der Waals surface area contributed by atoms with Crippen LogP contribution in [-0.2, 0) is 0 Å². The maximum atomic E-state index is 6.94. The van der Waals surface area contributed by atoms with Crippen LogP contribution >= 0.6 is 11.3 Å². The number of aromatic nitrogens is 2. The third-order valence-corrected chi connectivity index (χ3v) is 11.0. The van der Waals surface area contributed by atoms with Gasteiger partial charge in [0, 0.05) is 49.3 Å². The predicted octanol–water partition coefficient (Wildman–Crippen LogP) is 10.2. The molecule has 4 radical (unpaired) electrons. The second kappa shape index (κ2) is 11.3. The van der Waals surface area contributed by atoms with E-state index in [0.717, 1.165) is 38.7 Å². The molecular formula is C44H25B2N3S. The molecule has 228 valence electrons. The minimum absolute atomic E-state index is 0.443. The summed E-state index contributed by atoms with van der Waals surface area (Å²) < 4.78 is 2.41. The normalized spacial score (nSPS) is 11.8. The van der Waals surface area contributed by atoms with Crippen LogP contribution in [0.4, 0.5) is 17.2 Å². The Labute approximate surface area is 295 Å². The minimum atomic E-state index is 0.443. The zero-order valence-corrected chi connectivity index (χ0v) is 27.7. The first-order chi connectivity index (χ1) is 24.6. The van der Waals surface area contributed by atoms with E-state index < -0.39 is 0 Å². The van der Waals surface area contributed by atoms with E-state index in [1.54, 1.807) is 11.3 Å². The minimum Gasteiger partial charge on any atom is -0.296 e. The maximum Gasteiger partial charge on any atom is 0.142 e. The predicted molar refractivity (Wildman–Crippen MR) is 216 cm³/mol. The van der Waals surface area contributed by atoms with Crippen molar-refractivity contribution in [1.29, 1.82) is 0 Å². The van der Waals surface area contributed by atoms with E-state index >= 15 is 0 Å². The quantitative estimate of drug-likeness (QED) is 0.140. The van der Waals surface area contributed by atoms with Crippen molar-refractivity contribution >= 4 is 119 Å². The summed E-state index contributed by atoms with van der Waals surface area (Å²) in [5, 5.41) is 11.5. The number of thiophene rings is 1. The fourth-order valence-electron chi connectivity index (χ4n) is 7.34. The molecule has 0 saturated heterocycles. The molecule has 10 aromatic rings. The summed E-state index contributed by atoms with van der Waals surface area (Å²) in [7, 11) is 13.5. The largest absolute Gasteiger partial charge is 0.296 e. The number of anilines is 3. The van der Waals surface area contributed by atoms with Gasteiger partial charge in [-0.1, -0.05) is 91.0 Å². The highest BCUT2D eigenvalue weighted by molar-refractivity contribution is 7.25. The van der Waals surface area contributed by atoms with E-state index in [4.69, 9.17) is 20.7 Å². The summed E-state index contributed by atoms with van der Waals surface area (Å²) in [6.45, 7) is 0. The van der Waals surface area contributed by atoms with Gasteiger partial charge in [-0.05, 0) is 108 Å². The molecule has 7 aromatic carbocycles. The number of fused-ring (bicyclic) bond motifs is 8. The molecule has 0 fully saturated rings. The Bertz CT molecular complexity index is 2970. The molecule has 3 nitrogen and oxygen atoms in total. The fraction of sp³-hybridized carbons (Fsp3) is 0. The second-order valence-electron chi connectivity index (χ2n) is 12.7. The van der Waals surface area contributed by atoms with E-state index in [2.05, 4.69) is 125 Å². The van der Waals surface area contributed by atoms with E-state index in [9.17, 15) is 0 Å². The molecule has 0 aliphatic carbocycles. The Morgan fingerprint density at radius 2 is 1.18 bits per heavy atom. The highest BCUT2D eigenvalue weighted by Gasteiger charge is 2.20. The molecule has 0 aliphatic rings. The number of hydrogen-bond donors (Lipinski definition) is 0. The Morgan fingerprint density at radius 1 is 0.480 bits per heavy atom. The molecule has 0 saturated carbocycles. The highest BCUT2D eigenvalue weighted by atomic mass is 32.1. The first-order valence-corrected chi connectivity index (χ1v) is 17.4. The Hall–Kier alpha value is -5.97. The lowest BCUT2D eigenvalue weighted by molar-refractivity contribution is 1.22. The van der Waals surface area contributed by atoms with Crippen LogP contribution in [-0.4, -0.2) is 25.7 Å². The smallest absolute Gasteiger partial charge is 0.142 e. The van der Waals surface area contributed by atoms with Crippen molar-refractivity contribution in [3.05, 3.63) is 152 Å². The summed E-state index contributed by atoms with van der Waals surface area (Å²) in [6.07, 6.45) is 3.77. The van der Waals surface area contributed by atoms with Gasteiger partial charge in [-0.15, -0.1) is 11.3 Å². The Morgan fingerprint density at radius 3 is 2.06 bits per heavy atom. The van der Waals surface area contributed by atoms with Gasteiger partial charge in [-0.3, -0.25) is 9.88 Å². The Balaban J connectivity index is 1.12. The molecule has 0 atom stereocenters. The monoisotopic (exact) mass is 649 g/mol. The van der Waals surface area contributed by atoms with Crippen LogP contribution in [0.1, 0.15) is 0 Å². The van der Waals surface area contributed by atoms with Crippen LogP contribution < -0.4 is 16.0 Å². The number of rotatable bonds is 4. The molecular weight excluding hydrogens is 624 g/mol. The Kier molecular flexibility index (Phi) is 6.55. The summed E-state index contributed by atoms with van der Waals surface area (Å²) in [5.41, 5.74) is 5.20. The summed E-state index contributed by atoms with van der Waals surface area (Å²) in [5.74, 6) is 0.601. The van der Waals surface area contributed by atoms with Gasteiger partial charge in [0.25, 0.3) is 0 Å². The van der Waals surface area contributed by atoms with E-state index in [1.807, 2.05) is 36.7 Å². The number of hydrogen-bond acceptors (Lipinski definition) is 4. The molecule has 10 rings (SSSR count). The van der Waals surface area contributed by atoms with Crippen molar-refractivity contribution in [3.63, 3.8) is 0 Å². The summed E-state index contributed by atoms with van der Waals surface area (Å²) in [6, 6.07) is 49.3. The first-order valence-electron chi connectivity index (χ1n) is 16.5. The van der Waals surface area contributed by atoms with Crippen molar-refractivity contribution in [3.8, 4) is 11.1 Å². The van der Waals surface area contributed by atoms with Crippen LogP contribution in [0.25, 0.3) is 74.4 Å². The molecule has 6 heteroatoms. The van der Waals surface area contributed by atoms with Gasteiger partial charge >= 0.3 is 0 Å². The van der Waals surface area contributed by atoms with Gasteiger partial charge in [-0.2, -0.15) is 0 Å². The molecule has 0 spiro atoms. The van der Waals surface area contributed by atoms with Gasteiger partial charge in [0.2, 0.25) is 0 Å². The SMILES string of the molecule is [B]c1nc(N(c2ccc(-c3ccc4c(ccc5ccccc54)c3)cc2)c2ccc3c(c2)sc2cc4cnccc4cc23)c([B])c2ccccc12. The van der Waals surface area contributed by atoms with Crippen LogP contribution in [0.2, 0.25) is 0 Å². The molecule has 0 N–H and O–H groups in total. The maximum absolute atomic E-state index is 6.94. The molecule has 0 aliphatic heterocycles. The van der Waals surface area contributed by atoms with Crippen LogP contribution in [0.15, 0.2) is 152 Å². The van der Waals surface area contributed by atoms with E-state index in [0.29, 0.717) is 16.9 Å². The number of benzene rings is 7. The third kappa shape index (κ3) is 4.60. The van der Waals surface area contributed by atoms with Gasteiger partial charge in [-0.25, -0.2) is 4.98 Å². The van der Waals surface area contributed by atoms with Crippen molar-refractivity contribution in [2.24, 2.45) is 0 Å². The third-order valence-electron chi connectivity index (χ3n) is 9.85. The van der Waals surface area contributed by atoms with Crippen molar-refractivity contribution in [1.82, 2.24) is 9.97 Å². The number of pyridine rings is 2. The lowest BCUT2D eigenvalue weighted by Crippen LogP contribution is -2.27. The van der Waals surface area contributed by atoms with E-state index in [1.165, 1.54) is 47.1 Å². The van der Waals surface area contributed by atoms with Crippen molar-refractivity contribution < 1.29 is 0 Å². The average molecular weight is 649 g/mol. The topological polar surface area (TPSA) is 29.0 Å². The average Bonchev–Trinajstić information content (AvgIpc) is 3.52. The molecule has 3 heterocycles. The van der Waals surface area contributed by atoms with Crippen molar-refractivity contribution in [2.45, 2.75) is 0 Å². The van der Waals surface area contributed by atoms with Gasteiger partial charge < -0.3 is 0 Å². The zero-order valence-electron chi connectivity index (χ0n) is 26.8. The number of nitrogens with zero attached hydrogens (tertiary/aromatic N) is 3. The molecule has 3 aromatic heterocycles. The lowest BCUT2D eigenvalue weighted by Gasteiger charge is -2.28. The van der Waals surface area contributed by atoms with Crippen molar-refractivity contribution in [2.75, 3.05) is 4.90 Å². The highest BCUT2D eigenvalue weighted by Crippen LogP contribution is 2.41. The molecule has 0 unspecified atom stereocenters. The fourth-order valence-corrected chi connectivity index (χ4v) is 8.51. The van der Waals surface area contributed by atoms with Gasteiger partial charge in [0.1, 0.15) is 21.5 Å². The molecule has 0 bridgehead atoms.